The van der Waals surface area contributed by atoms with E-state index < -0.39 is 23.4 Å². The molecule has 0 spiro atoms. The Kier molecular flexibility index (Phi) is 6.05. The molecule has 1 heterocycles. The maximum Gasteiger partial charge on any atom is 0.306 e. The Balaban J connectivity index is 1.48. The van der Waals surface area contributed by atoms with Crippen LogP contribution in [0, 0.1) is 10.1 Å². The molecule has 0 aliphatic rings. The molecule has 28 heavy (non-hydrogen) atoms. The summed E-state index contributed by atoms with van der Waals surface area (Å²) in [6, 6.07) is 11.7. The fourth-order valence-electron chi connectivity index (χ4n) is 2.70. The summed E-state index contributed by atoms with van der Waals surface area (Å²) in [5, 5.41) is 14.3. The second-order valence-electron chi connectivity index (χ2n) is 5.99. The highest BCUT2D eigenvalue weighted by atomic mass is 79.9. The van der Waals surface area contributed by atoms with E-state index in [2.05, 4.69) is 26.2 Å². The van der Waals surface area contributed by atoms with E-state index in [0.717, 1.165) is 16.5 Å². The summed E-state index contributed by atoms with van der Waals surface area (Å²) in [5.41, 5.74) is 2.25. The van der Waals surface area contributed by atoms with Crippen LogP contribution in [0.5, 0.6) is 0 Å². The summed E-state index contributed by atoms with van der Waals surface area (Å²) in [6.07, 6.45) is 2.51. The highest BCUT2D eigenvalue weighted by Gasteiger charge is 2.13. The Morgan fingerprint density at radius 1 is 1.21 bits per heavy atom. The summed E-state index contributed by atoms with van der Waals surface area (Å²) < 4.78 is 5.37. The molecule has 3 rings (SSSR count). The lowest BCUT2D eigenvalue weighted by molar-refractivity contribution is -0.384. The standard InChI is InChI=1S/C19H16BrN3O5/c20-15-9-13(23(26)27)6-7-17(15)22-18(24)11-28-19(25)8-5-12-10-21-16-4-2-1-3-14(12)16/h1-4,6-7,9-10,21H,5,8,11H2,(H,22,24). The molecule has 9 heteroatoms. The molecule has 0 aliphatic carbocycles. The first-order valence-electron chi connectivity index (χ1n) is 8.38. The zero-order valence-corrected chi connectivity index (χ0v) is 16.2. The number of anilines is 1. The third kappa shape index (κ3) is 4.74. The monoisotopic (exact) mass is 445 g/mol. The van der Waals surface area contributed by atoms with E-state index in [9.17, 15) is 19.7 Å². The van der Waals surface area contributed by atoms with Crippen LogP contribution in [0.3, 0.4) is 0 Å². The van der Waals surface area contributed by atoms with E-state index in [-0.39, 0.29) is 12.1 Å². The van der Waals surface area contributed by atoms with Gasteiger partial charge in [0.15, 0.2) is 6.61 Å². The van der Waals surface area contributed by atoms with Crippen LogP contribution in [0.1, 0.15) is 12.0 Å². The Morgan fingerprint density at radius 3 is 2.75 bits per heavy atom. The van der Waals surface area contributed by atoms with Gasteiger partial charge in [0, 0.05) is 40.1 Å². The third-order valence-electron chi connectivity index (χ3n) is 4.08. The van der Waals surface area contributed by atoms with Crippen molar-refractivity contribution in [2.75, 3.05) is 11.9 Å². The maximum atomic E-state index is 11.9. The number of halogens is 1. The van der Waals surface area contributed by atoms with Crippen molar-refractivity contribution in [3.05, 3.63) is 68.8 Å². The van der Waals surface area contributed by atoms with Crippen molar-refractivity contribution in [1.82, 2.24) is 4.98 Å². The third-order valence-corrected chi connectivity index (χ3v) is 4.73. The summed E-state index contributed by atoms with van der Waals surface area (Å²) in [6.45, 7) is -0.434. The number of carbonyl (C=O) groups is 2. The fraction of sp³-hybridized carbons (Fsp3) is 0.158. The van der Waals surface area contributed by atoms with Gasteiger partial charge in [-0.15, -0.1) is 0 Å². The highest BCUT2D eigenvalue weighted by Crippen LogP contribution is 2.27. The molecule has 3 aromatic rings. The van der Waals surface area contributed by atoms with Gasteiger partial charge >= 0.3 is 5.97 Å². The lowest BCUT2D eigenvalue weighted by Gasteiger charge is -2.08. The van der Waals surface area contributed by atoms with Crippen LogP contribution in [0.15, 0.2) is 53.1 Å². The summed E-state index contributed by atoms with van der Waals surface area (Å²) in [7, 11) is 0. The van der Waals surface area contributed by atoms with Gasteiger partial charge in [0.2, 0.25) is 0 Å². The van der Waals surface area contributed by atoms with Gasteiger partial charge in [0.25, 0.3) is 11.6 Å². The topological polar surface area (TPSA) is 114 Å². The smallest absolute Gasteiger partial charge is 0.306 e. The largest absolute Gasteiger partial charge is 0.456 e. The zero-order valence-electron chi connectivity index (χ0n) is 14.6. The SMILES string of the molecule is O=C(COC(=O)CCc1c[nH]c2ccccc12)Nc1ccc([N+](=O)[O-])cc1Br. The number of carbonyl (C=O) groups excluding carboxylic acids is 2. The molecule has 1 amide bonds. The molecule has 1 aromatic heterocycles. The number of para-hydroxylation sites is 1. The van der Waals surface area contributed by atoms with Gasteiger partial charge < -0.3 is 15.0 Å². The number of fused-ring (bicyclic) bond motifs is 1. The number of benzene rings is 2. The number of nitrogens with zero attached hydrogens (tertiary/aromatic N) is 1. The number of hydrogen-bond donors (Lipinski definition) is 2. The van der Waals surface area contributed by atoms with Crippen LogP contribution < -0.4 is 5.32 Å². The van der Waals surface area contributed by atoms with Gasteiger partial charge in [0.05, 0.1) is 10.6 Å². The number of hydrogen-bond acceptors (Lipinski definition) is 5. The quantitative estimate of drug-likeness (QED) is 0.324. The van der Waals surface area contributed by atoms with Gasteiger partial charge in [-0.05, 0) is 40.0 Å². The predicted molar refractivity (Wildman–Crippen MR) is 107 cm³/mol. The van der Waals surface area contributed by atoms with Gasteiger partial charge in [-0.2, -0.15) is 0 Å². The minimum absolute atomic E-state index is 0.103. The second kappa shape index (κ2) is 8.66. The molecule has 0 saturated heterocycles. The molecule has 2 N–H and O–H groups in total. The molecule has 0 bridgehead atoms. The molecule has 0 saturated carbocycles. The summed E-state index contributed by atoms with van der Waals surface area (Å²) >= 11 is 3.16. The number of amides is 1. The Bertz CT molecular complexity index is 1050. The first kappa shape index (κ1) is 19.6. The number of aromatic amines is 1. The number of nitro benzene ring substituents is 1. The number of aromatic nitrogens is 1. The van der Waals surface area contributed by atoms with E-state index in [1.807, 2.05) is 30.5 Å². The van der Waals surface area contributed by atoms with Gasteiger partial charge in [-0.25, -0.2) is 0 Å². The summed E-state index contributed by atoms with van der Waals surface area (Å²) in [5.74, 6) is -1.02. The normalized spacial score (nSPS) is 10.6. The van der Waals surface area contributed by atoms with Gasteiger partial charge in [0.1, 0.15) is 0 Å². The molecule has 0 unspecified atom stereocenters. The van der Waals surface area contributed by atoms with E-state index in [4.69, 9.17) is 4.74 Å². The first-order chi connectivity index (χ1) is 13.4. The molecule has 8 nitrogen and oxygen atoms in total. The number of ether oxygens (including phenoxy) is 1. The average Bonchev–Trinajstić information content (AvgIpc) is 3.09. The lowest BCUT2D eigenvalue weighted by Crippen LogP contribution is -2.21. The van der Waals surface area contributed by atoms with Crippen molar-refractivity contribution in [2.24, 2.45) is 0 Å². The van der Waals surface area contributed by atoms with Gasteiger partial charge in [-0.1, -0.05) is 18.2 Å². The van der Waals surface area contributed by atoms with Crippen molar-refractivity contribution < 1.29 is 19.2 Å². The minimum Gasteiger partial charge on any atom is -0.456 e. The van der Waals surface area contributed by atoms with Crippen LogP contribution in [0.2, 0.25) is 0 Å². The van der Waals surface area contributed by atoms with Crippen molar-refractivity contribution in [2.45, 2.75) is 12.8 Å². The van der Waals surface area contributed by atoms with E-state index in [1.54, 1.807) is 0 Å². The number of non-ortho nitro benzene ring substituents is 1. The maximum absolute atomic E-state index is 11.9. The number of H-pyrrole nitrogens is 1. The molecule has 0 fully saturated rings. The second-order valence-corrected chi connectivity index (χ2v) is 6.84. The first-order valence-corrected chi connectivity index (χ1v) is 9.18. The Labute approximate surface area is 168 Å². The van der Waals surface area contributed by atoms with Crippen molar-refractivity contribution in [1.29, 1.82) is 0 Å². The van der Waals surface area contributed by atoms with Crippen molar-refractivity contribution in [3.8, 4) is 0 Å². The predicted octanol–water partition coefficient (Wildman–Crippen LogP) is 3.95. The fourth-order valence-corrected chi connectivity index (χ4v) is 3.16. The van der Waals surface area contributed by atoms with Crippen LogP contribution in [-0.4, -0.2) is 28.4 Å². The highest BCUT2D eigenvalue weighted by molar-refractivity contribution is 9.10. The lowest BCUT2D eigenvalue weighted by atomic mass is 10.1. The van der Waals surface area contributed by atoms with E-state index in [1.165, 1.54) is 18.2 Å². The van der Waals surface area contributed by atoms with Gasteiger partial charge in [-0.3, -0.25) is 19.7 Å². The number of rotatable bonds is 7. The summed E-state index contributed by atoms with van der Waals surface area (Å²) in [4.78, 5) is 37.2. The van der Waals surface area contributed by atoms with Crippen LogP contribution in [0.25, 0.3) is 10.9 Å². The Morgan fingerprint density at radius 2 is 2.00 bits per heavy atom. The van der Waals surface area contributed by atoms with Crippen molar-refractivity contribution >= 4 is 50.1 Å². The molecule has 0 radical (unpaired) electrons. The molecular formula is C19H16BrN3O5. The number of nitrogens with one attached hydrogen (secondary N) is 2. The Hall–Kier alpha value is -3.20. The molecule has 144 valence electrons. The molecular weight excluding hydrogens is 430 g/mol. The number of aryl methyl sites for hydroxylation is 1. The minimum atomic E-state index is -0.536. The van der Waals surface area contributed by atoms with E-state index in [0.29, 0.717) is 16.6 Å². The van der Waals surface area contributed by atoms with Crippen molar-refractivity contribution in [3.63, 3.8) is 0 Å². The van der Waals surface area contributed by atoms with Crippen LogP contribution in [-0.2, 0) is 20.7 Å². The van der Waals surface area contributed by atoms with Crippen LogP contribution >= 0.6 is 15.9 Å². The number of esters is 1. The molecule has 0 aliphatic heterocycles. The average molecular weight is 446 g/mol. The molecule has 2 aromatic carbocycles. The number of nitro groups is 1. The zero-order chi connectivity index (χ0) is 20.1. The van der Waals surface area contributed by atoms with Crippen LogP contribution in [0.4, 0.5) is 11.4 Å². The van der Waals surface area contributed by atoms with E-state index >= 15 is 0 Å². The molecule has 0 atom stereocenters.